The molecule has 11 nitrogen and oxygen atoms in total. The van der Waals surface area contributed by atoms with Crippen molar-refractivity contribution in [2.45, 2.75) is 314 Å². The van der Waals surface area contributed by atoms with Crippen LogP contribution in [-0.4, -0.2) is 100 Å². The molecule has 0 aromatic heterocycles. The lowest BCUT2D eigenvalue weighted by Gasteiger charge is -2.40. The van der Waals surface area contributed by atoms with E-state index in [2.05, 4.69) is 79.9 Å². The van der Waals surface area contributed by atoms with Gasteiger partial charge in [-0.2, -0.15) is 0 Å². The maximum atomic E-state index is 13.0. The topological polar surface area (TPSA) is 175 Å². The van der Waals surface area contributed by atoms with E-state index in [0.717, 1.165) is 96.3 Å². The standard InChI is InChI=1S/C66H117NO10/c1-3-5-7-9-11-13-15-16-31-34-38-42-46-50-54-62(71)75-55-51-47-43-39-35-32-29-27-25-23-21-19-17-18-20-22-24-26-28-30-33-37-41-45-49-53-61(70)67-58(57-76-66-65(74)64(73)63(72)60(56-68)77-66)59(69)52-48-44-40-36-14-12-10-8-6-4-2/h9,11,14-16,18-21,36,48,52,58-60,63-66,68-69,72-74H,3-8,10,12-13,17,22-35,37-47,49-51,53-57H2,1-2H3,(H,67,70)/b11-9-,16-15-,20-18-,21-19-,36-14+,52-48+. The first-order chi connectivity index (χ1) is 37.7. The molecule has 77 heavy (non-hydrogen) atoms. The summed E-state index contributed by atoms with van der Waals surface area (Å²) in [5.41, 5.74) is 0. The van der Waals surface area contributed by atoms with Crippen molar-refractivity contribution in [3.05, 3.63) is 72.9 Å². The van der Waals surface area contributed by atoms with Crippen molar-refractivity contribution in [1.29, 1.82) is 0 Å². The molecule has 0 spiro atoms. The number of aliphatic hydroxyl groups is 5. The van der Waals surface area contributed by atoms with Gasteiger partial charge >= 0.3 is 5.97 Å². The molecule has 0 radical (unpaired) electrons. The highest BCUT2D eigenvalue weighted by molar-refractivity contribution is 5.76. The van der Waals surface area contributed by atoms with Crippen molar-refractivity contribution in [3.63, 3.8) is 0 Å². The van der Waals surface area contributed by atoms with Crippen LogP contribution in [0.3, 0.4) is 0 Å². The minimum absolute atomic E-state index is 0.0176. The van der Waals surface area contributed by atoms with Crippen LogP contribution in [0.25, 0.3) is 0 Å². The second-order valence-corrected chi connectivity index (χ2v) is 21.7. The number of amides is 1. The van der Waals surface area contributed by atoms with Crippen LogP contribution in [0.15, 0.2) is 72.9 Å². The highest BCUT2D eigenvalue weighted by Crippen LogP contribution is 2.23. The first kappa shape index (κ1) is 72.1. The van der Waals surface area contributed by atoms with E-state index in [-0.39, 0.29) is 18.5 Å². The van der Waals surface area contributed by atoms with Gasteiger partial charge in [-0.05, 0) is 103 Å². The fourth-order valence-corrected chi connectivity index (χ4v) is 9.44. The number of nitrogens with one attached hydrogen (secondary N) is 1. The Morgan fingerprint density at radius 2 is 0.896 bits per heavy atom. The van der Waals surface area contributed by atoms with Gasteiger partial charge in [0, 0.05) is 12.8 Å². The van der Waals surface area contributed by atoms with Gasteiger partial charge in [0.15, 0.2) is 6.29 Å². The molecule has 1 fully saturated rings. The molecule has 1 aliphatic heterocycles. The number of ether oxygens (including phenoxy) is 3. The highest BCUT2D eigenvalue weighted by atomic mass is 16.7. The Bertz CT molecular complexity index is 1510. The Labute approximate surface area is 471 Å². The van der Waals surface area contributed by atoms with Gasteiger partial charge in [0.1, 0.15) is 24.4 Å². The van der Waals surface area contributed by atoms with Crippen LogP contribution < -0.4 is 5.32 Å². The maximum absolute atomic E-state index is 13.0. The number of allylic oxidation sites excluding steroid dienone is 11. The summed E-state index contributed by atoms with van der Waals surface area (Å²) in [6.45, 7) is 4.23. The summed E-state index contributed by atoms with van der Waals surface area (Å²) in [4.78, 5) is 25.1. The number of esters is 1. The van der Waals surface area contributed by atoms with E-state index in [4.69, 9.17) is 14.2 Å². The first-order valence-electron chi connectivity index (χ1n) is 31.7. The molecule has 1 saturated heterocycles. The number of rotatable bonds is 54. The van der Waals surface area contributed by atoms with Crippen molar-refractivity contribution in [1.82, 2.24) is 5.32 Å². The third kappa shape index (κ3) is 44.5. The predicted molar refractivity (Wildman–Crippen MR) is 319 cm³/mol. The van der Waals surface area contributed by atoms with E-state index in [9.17, 15) is 35.1 Å². The molecule has 6 N–H and O–H groups in total. The molecule has 0 aromatic rings. The molecule has 7 atom stereocenters. The fraction of sp³-hybridized carbons (Fsp3) is 0.788. The smallest absolute Gasteiger partial charge is 0.305 e. The summed E-state index contributed by atoms with van der Waals surface area (Å²) in [5, 5.41) is 54.2. The zero-order valence-electron chi connectivity index (χ0n) is 49.2. The van der Waals surface area contributed by atoms with Gasteiger partial charge < -0.3 is 45.1 Å². The summed E-state index contributed by atoms with van der Waals surface area (Å²) in [7, 11) is 0. The van der Waals surface area contributed by atoms with Gasteiger partial charge in [0.05, 0.1) is 32.0 Å². The van der Waals surface area contributed by atoms with Crippen molar-refractivity contribution in [3.8, 4) is 0 Å². The maximum Gasteiger partial charge on any atom is 0.305 e. The number of hydrogen-bond donors (Lipinski definition) is 6. The van der Waals surface area contributed by atoms with Gasteiger partial charge in [-0.3, -0.25) is 9.59 Å². The molecule has 7 unspecified atom stereocenters. The molecule has 1 heterocycles. The number of aliphatic hydroxyl groups excluding tert-OH is 5. The Hall–Kier alpha value is -2.90. The number of carbonyl (C=O) groups is 2. The second-order valence-electron chi connectivity index (χ2n) is 21.7. The van der Waals surface area contributed by atoms with Crippen molar-refractivity contribution in [2.75, 3.05) is 19.8 Å². The monoisotopic (exact) mass is 1080 g/mol. The lowest BCUT2D eigenvalue weighted by atomic mass is 9.99. The molecule has 1 amide bonds. The largest absolute Gasteiger partial charge is 0.466 e. The first-order valence-corrected chi connectivity index (χ1v) is 31.7. The molecule has 0 saturated carbocycles. The Morgan fingerprint density at radius 1 is 0.481 bits per heavy atom. The molecular formula is C66H117NO10. The minimum atomic E-state index is -1.58. The molecule has 11 heteroatoms. The van der Waals surface area contributed by atoms with Crippen LogP contribution in [0.1, 0.15) is 271 Å². The minimum Gasteiger partial charge on any atom is -0.466 e. The summed E-state index contributed by atoms with van der Waals surface area (Å²) in [6, 6.07) is -0.833. The SMILES string of the molecule is CCCC/C=C\C/C=C\CCCCCCCC(=O)OCCCCCCCCCCC/C=C\C/C=C\CCCCCCCCCCCC(=O)NC(COC1OC(CO)C(O)C(O)C1O)C(O)/C=C/CC/C=C/CCCCCC. The predicted octanol–water partition coefficient (Wildman–Crippen LogP) is 15.2. The lowest BCUT2D eigenvalue weighted by Crippen LogP contribution is -2.60. The Balaban J connectivity index is 2.02. The van der Waals surface area contributed by atoms with Crippen LogP contribution in [0.5, 0.6) is 0 Å². The normalized spacial score (nSPS) is 19.1. The zero-order valence-corrected chi connectivity index (χ0v) is 49.2. The quantitative estimate of drug-likeness (QED) is 0.0195. The van der Waals surface area contributed by atoms with E-state index in [1.165, 1.54) is 148 Å². The molecular weight excluding hydrogens is 967 g/mol. The Morgan fingerprint density at radius 3 is 1.40 bits per heavy atom. The van der Waals surface area contributed by atoms with E-state index < -0.39 is 49.5 Å². The molecule has 0 aromatic carbocycles. The van der Waals surface area contributed by atoms with Crippen LogP contribution in [-0.2, 0) is 23.8 Å². The average molecular weight is 1080 g/mol. The summed E-state index contributed by atoms with van der Waals surface area (Å²) >= 11 is 0. The number of unbranched alkanes of at least 4 members (excludes halogenated alkanes) is 30. The van der Waals surface area contributed by atoms with Gasteiger partial charge in [0.25, 0.3) is 0 Å². The fourth-order valence-electron chi connectivity index (χ4n) is 9.44. The van der Waals surface area contributed by atoms with Crippen LogP contribution in [0.2, 0.25) is 0 Å². The van der Waals surface area contributed by atoms with Crippen molar-refractivity contribution >= 4 is 11.9 Å². The number of carbonyl (C=O) groups excluding carboxylic acids is 2. The van der Waals surface area contributed by atoms with Crippen molar-refractivity contribution in [2.24, 2.45) is 0 Å². The van der Waals surface area contributed by atoms with E-state index in [1.54, 1.807) is 6.08 Å². The lowest BCUT2D eigenvalue weighted by molar-refractivity contribution is -0.302. The average Bonchev–Trinajstić information content (AvgIpc) is 3.43. The van der Waals surface area contributed by atoms with E-state index in [1.807, 2.05) is 6.08 Å². The second kappa shape index (κ2) is 55.0. The molecule has 0 bridgehead atoms. The van der Waals surface area contributed by atoms with E-state index in [0.29, 0.717) is 19.4 Å². The van der Waals surface area contributed by atoms with Crippen molar-refractivity contribution < 1.29 is 49.3 Å². The summed E-state index contributed by atoms with van der Waals surface area (Å²) in [5.74, 6) is -0.219. The number of hydrogen-bond acceptors (Lipinski definition) is 10. The third-order valence-electron chi connectivity index (χ3n) is 14.5. The highest BCUT2D eigenvalue weighted by Gasteiger charge is 2.44. The molecule has 1 rings (SSSR count). The van der Waals surface area contributed by atoms with Gasteiger partial charge in [-0.25, -0.2) is 0 Å². The van der Waals surface area contributed by atoms with Crippen LogP contribution >= 0.6 is 0 Å². The van der Waals surface area contributed by atoms with E-state index >= 15 is 0 Å². The Kier molecular flexibility index (Phi) is 51.5. The molecule has 446 valence electrons. The van der Waals surface area contributed by atoms with Gasteiger partial charge in [-0.15, -0.1) is 0 Å². The summed E-state index contributed by atoms with van der Waals surface area (Å²) in [6.07, 6.45) is 63.0. The molecule has 1 aliphatic rings. The van der Waals surface area contributed by atoms with Crippen LogP contribution in [0, 0.1) is 0 Å². The van der Waals surface area contributed by atoms with Gasteiger partial charge in [-0.1, -0.05) is 228 Å². The summed E-state index contributed by atoms with van der Waals surface area (Å²) < 4.78 is 16.7. The van der Waals surface area contributed by atoms with Gasteiger partial charge in [0.2, 0.25) is 5.91 Å². The zero-order chi connectivity index (χ0) is 55.9. The van der Waals surface area contributed by atoms with Crippen LogP contribution in [0.4, 0.5) is 0 Å². The molecule has 0 aliphatic carbocycles. The third-order valence-corrected chi connectivity index (χ3v) is 14.5.